The second-order valence-corrected chi connectivity index (χ2v) is 9.46. The Balaban J connectivity index is 1.68. The van der Waals surface area contributed by atoms with Crippen molar-refractivity contribution in [3.05, 3.63) is 88.7 Å². The molecule has 7 nitrogen and oxygen atoms in total. The van der Waals surface area contributed by atoms with Crippen molar-refractivity contribution in [3.63, 3.8) is 0 Å². The first-order valence-corrected chi connectivity index (χ1v) is 11.5. The number of sulfonamides is 1. The Morgan fingerprint density at radius 1 is 1.06 bits per heavy atom. The Labute approximate surface area is 195 Å². The van der Waals surface area contributed by atoms with Gasteiger partial charge in [-0.15, -0.1) is 0 Å². The van der Waals surface area contributed by atoms with Gasteiger partial charge in [0.05, 0.1) is 26.9 Å². The van der Waals surface area contributed by atoms with Crippen LogP contribution in [0.2, 0.25) is 5.02 Å². The minimum absolute atomic E-state index is 0.00900. The third-order valence-corrected chi connectivity index (χ3v) is 6.76. The summed E-state index contributed by atoms with van der Waals surface area (Å²) in [6.07, 6.45) is 0. The summed E-state index contributed by atoms with van der Waals surface area (Å²) in [5.74, 6) is -2.14. The molecule has 1 amide bonds. The van der Waals surface area contributed by atoms with Gasteiger partial charge in [0.1, 0.15) is 5.82 Å². The summed E-state index contributed by atoms with van der Waals surface area (Å²) in [5.41, 5.74) is 1.57. The second kappa shape index (κ2) is 10.0. The number of carbonyl (C=O) groups is 2. The van der Waals surface area contributed by atoms with Gasteiger partial charge in [0.25, 0.3) is 15.9 Å². The number of hydrogen-bond acceptors (Lipinski definition) is 5. The summed E-state index contributed by atoms with van der Waals surface area (Å²) in [4.78, 5) is 24.3. The summed E-state index contributed by atoms with van der Waals surface area (Å²) in [6, 6.07) is 15.7. The third-order valence-electron chi connectivity index (χ3n) is 4.67. The van der Waals surface area contributed by atoms with Gasteiger partial charge < -0.3 is 10.1 Å². The maximum Gasteiger partial charge on any atom is 0.338 e. The Hall–Kier alpha value is -3.43. The van der Waals surface area contributed by atoms with E-state index in [0.717, 1.165) is 22.0 Å². The van der Waals surface area contributed by atoms with Gasteiger partial charge in [0, 0.05) is 7.05 Å². The summed E-state index contributed by atoms with van der Waals surface area (Å²) < 4.78 is 45.2. The molecular weight excluding hydrogens is 471 g/mol. The number of esters is 1. The number of anilines is 2. The first-order chi connectivity index (χ1) is 15.6. The summed E-state index contributed by atoms with van der Waals surface area (Å²) in [7, 11) is -2.53. The van der Waals surface area contributed by atoms with E-state index in [1.165, 1.54) is 37.4 Å². The van der Waals surface area contributed by atoms with Crippen LogP contribution in [-0.4, -0.2) is 33.9 Å². The van der Waals surface area contributed by atoms with Crippen molar-refractivity contribution in [2.75, 3.05) is 23.3 Å². The van der Waals surface area contributed by atoms with Crippen LogP contribution in [0.5, 0.6) is 0 Å². The molecule has 0 spiro atoms. The molecule has 33 heavy (non-hydrogen) atoms. The quantitative estimate of drug-likeness (QED) is 0.495. The van der Waals surface area contributed by atoms with Crippen molar-refractivity contribution in [1.82, 2.24) is 0 Å². The molecule has 0 heterocycles. The van der Waals surface area contributed by atoms with E-state index < -0.39 is 34.3 Å². The Kier molecular flexibility index (Phi) is 7.35. The van der Waals surface area contributed by atoms with E-state index in [1.54, 1.807) is 24.3 Å². The Bertz CT molecular complexity index is 1300. The van der Waals surface area contributed by atoms with Gasteiger partial charge in [-0.3, -0.25) is 9.10 Å². The van der Waals surface area contributed by atoms with Crippen LogP contribution in [0.1, 0.15) is 15.9 Å². The van der Waals surface area contributed by atoms with Crippen molar-refractivity contribution < 1.29 is 27.1 Å². The molecule has 0 saturated heterocycles. The highest BCUT2D eigenvalue weighted by Crippen LogP contribution is 2.24. The molecule has 3 rings (SSSR count). The van der Waals surface area contributed by atoms with E-state index in [0.29, 0.717) is 5.69 Å². The smallest absolute Gasteiger partial charge is 0.338 e. The molecule has 3 aromatic rings. The predicted octanol–water partition coefficient (Wildman–Crippen LogP) is 4.41. The molecule has 0 unspecified atom stereocenters. The lowest BCUT2D eigenvalue weighted by atomic mass is 10.2. The molecule has 0 saturated carbocycles. The fourth-order valence-corrected chi connectivity index (χ4v) is 4.28. The van der Waals surface area contributed by atoms with E-state index >= 15 is 0 Å². The minimum atomic E-state index is -3.94. The number of aryl methyl sites for hydroxylation is 1. The van der Waals surface area contributed by atoms with Crippen molar-refractivity contribution in [1.29, 1.82) is 0 Å². The number of rotatable bonds is 7. The number of ether oxygens (including phenoxy) is 1. The molecule has 3 aromatic carbocycles. The largest absolute Gasteiger partial charge is 0.452 e. The van der Waals surface area contributed by atoms with Crippen LogP contribution >= 0.6 is 11.6 Å². The van der Waals surface area contributed by atoms with Gasteiger partial charge in [0.15, 0.2) is 6.61 Å². The molecule has 0 fully saturated rings. The molecule has 0 bridgehead atoms. The lowest BCUT2D eigenvalue weighted by Gasteiger charge is -2.20. The molecule has 0 aliphatic rings. The Morgan fingerprint density at radius 2 is 1.76 bits per heavy atom. The standard InChI is InChI=1S/C23H20ClFN2O5S/c1-15-6-9-18(10-7-15)27(2)33(30,31)19-5-3-4-16(12-19)23(29)32-14-22(28)26-21-11-8-17(25)13-20(21)24/h3-13H,14H2,1-2H3,(H,26,28). The molecule has 0 radical (unpaired) electrons. The third kappa shape index (κ3) is 5.88. The Morgan fingerprint density at radius 3 is 2.42 bits per heavy atom. The number of nitrogens with zero attached hydrogens (tertiary/aromatic N) is 1. The second-order valence-electron chi connectivity index (χ2n) is 7.08. The molecule has 1 N–H and O–H groups in total. The highest BCUT2D eigenvalue weighted by atomic mass is 35.5. The molecule has 0 aliphatic carbocycles. The predicted molar refractivity (Wildman–Crippen MR) is 124 cm³/mol. The van der Waals surface area contributed by atoms with Crippen LogP contribution in [0.15, 0.2) is 71.6 Å². The highest BCUT2D eigenvalue weighted by Gasteiger charge is 2.23. The maximum absolute atomic E-state index is 13.1. The average Bonchev–Trinajstić information content (AvgIpc) is 2.79. The number of benzene rings is 3. The summed E-state index contributed by atoms with van der Waals surface area (Å²) >= 11 is 5.85. The molecule has 172 valence electrons. The van der Waals surface area contributed by atoms with Gasteiger partial charge >= 0.3 is 5.97 Å². The van der Waals surface area contributed by atoms with Crippen LogP contribution in [0.3, 0.4) is 0 Å². The number of halogens is 2. The fourth-order valence-electron chi connectivity index (χ4n) is 2.83. The fraction of sp³-hybridized carbons (Fsp3) is 0.130. The van der Waals surface area contributed by atoms with E-state index in [2.05, 4.69) is 5.32 Å². The topological polar surface area (TPSA) is 92.8 Å². The van der Waals surface area contributed by atoms with Crippen molar-refractivity contribution in [2.24, 2.45) is 0 Å². The highest BCUT2D eigenvalue weighted by molar-refractivity contribution is 7.92. The van der Waals surface area contributed by atoms with E-state index in [9.17, 15) is 22.4 Å². The number of hydrogen-bond donors (Lipinski definition) is 1. The van der Waals surface area contributed by atoms with Gasteiger partial charge in [-0.2, -0.15) is 0 Å². The van der Waals surface area contributed by atoms with Gasteiger partial charge in [0.2, 0.25) is 0 Å². The van der Waals surface area contributed by atoms with Crippen LogP contribution in [0.4, 0.5) is 15.8 Å². The normalized spacial score (nSPS) is 11.0. The van der Waals surface area contributed by atoms with Crippen LogP contribution in [0.25, 0.3) is 0 Å². The molecule has 0 aliphatic heterocycles. The maximum atomic E-state index is 13.1. The lowest BCUT2D eigenvalue weighted by Crippen LogP contribution is -2.27. The van der Waals surface area contributed by atoms with Crippen molar-refractivity contribution in [3.8, 4) is 0 Å². The first kappa shape index (κ1) is 24.2. The first-order valence-electron chi connectivity index (χ1n) is 9.65. The number of amides is 1. The molecule has 0 aromatic heterocycles. The summed E-state index contributed by atoms with van der Waals surface area (Å²) in [6.45, 7) is 1.24. The van der Waals surface area contributed by atoms with Gasteiger partial charge in [-0.25, -0.2) is 17.6 Å². The van der Waals surface area contributed by atoms with Gasteiger partial charge in [-0.1, -0.05) is 35.4 Å². The lowest BCUT2D eigenvalue weighted by molar-refractivity contribution is -0.119. The summed E-state index contributed by atoms with van der Waals surface area (Å²) in [5, 5.41) is 2.39. The molecule has 0 atom stereocenters. The number of nitrogens with one attached hydrogen (secondary N) is 1. The minimum Gasteiger partial charge on any atom is -0.452 e. The van der Waals surface area contributed by atoms with Crippen LogP contribution in [-0.2, 0) is 19.6 Å². The zero-order chi connectivity index (χ0) is 24.2. The van der Waals surface area contributed by atoms with Crippen LogP contribution < -0.4 is 9.62 Å². The monoisotopic (exact) mass is 490 g/mol. The zero-order valence-corrected chi connectivity index (χ0v) is 19.3. The average molecular weight is 491 g/mol. The zero-order valence-electron chi connectivity index (χ0n) is 17.7. The number of carbonyl (C=O) groups excluding carboxylic acids is 2. The van der Waals surface area contributed by atoms with E-state index in [-0.39, 0.29) is 21.2 Å². The van der Waals surface area contributed by atoms with Crippen molar-refractivity contribution in [2.45, 2.75) is 11.8 Å². The van der Waals surface area contributed by atoms with E-state index in [4.69, 9.17) is 16.3 Å². The van der Waals surface area contributed by atoms with Crippen LogP contribution in [0, 0.1) is 12.7 Å². The van der Waals surface area contributed by atoms with Gasteiger partial charge in [-0.05, 0) is 55.5 Å². The SMILES string of the molecule is Cc1ccc(N(C)S(=O)(=O)c2cccc(C(=O)OCC(=O)Nc3ccc(F)cc3Cl)c2)cc1. The van der Waals surface area contributed by atoms with Crippen molar-refractivity contribution >= 4 is 44.9 Å². The molecule has 10 heteroatoms. The van der Waals surface area contributed by atoms with E-state index in [1.807, 2.05) is 6.92 Å². The molecular formula is C23H20ClFN2O5S.